The zero-order valence-electron chi connectivity index (χ0n) is 7.61. The van der Waals surface area contributed by atoms with Gasteiger partial charge >= 0.3 is 0 Å². The SMILES string of the molecule is Cc1ccc(-c2nc(C)co2)cn1. The molecule has 3 nitrogen and oxygen atoms in total. The predicted molar refractivity (Wildman–Crippen MR) is 49.2 cm³/mol. The fraction of sp³-hybridized carbons (Fsp3) is 0.200. The summed E-state index contributed by atoms with van der Waals surface area (Å²) in [7, 11) is 0. The molecule has 0 spiro atoms. The average molecular weight is 174 g/mol. The third-order valence-corrected chi connectivity index (χ3v) is 1.78. The van der Waals surface area contributed by atoms with E-state index in [2.05, 4.69) is 9.97 Å². The number of aryl methyl sites for hydroxylation is 2. The van der Waals surface area contributed by atoms with Gasteiger partial charge in [-0.3, -0.25) is 4.98 Å². The number of aromatic nitrogens is 2. The van der Waals surface area contributed by atoms with Crippen LogP contribution in [-0.4, -0.2) is 9.97 Å². The molecule has 0 aliphatic rings. The molecule has 0 N–H and O–H groups in total. The quantitative estimate of drug-likeness (QED) is 0.666. The summed E-state index contributed by atoms with van der Waals surface area (Å²) in [4.78, 5) is 8.37. The van der Waals surface area contributed by atoms with Gasteiger partial charge in [-0.15, -0.1) is 0 Å². The van der Waals surface area contributed by atoms with E-state index in [1.54, 1.807) is 12.5 Å². The summed E-state index contributed by atoms with van der Waals surface area (Å²) in [6, 6.07) is 3.89. The molecule has 0 saturated carbocycles. The largest absolute Gasteiger partial charge is 0.444 e. The van der Waals surface area contributed by atoms with Crippen molar-refractivity contribution in [3.8, 4) is 11.5 Å². The van der Waals surface area contributed by atoms with Crippen molar-refractivity contribution in [1.82, 2.24) is 9.97 Å². The molecule has 0 saturated heterocycles. The van der Waals surface area contributed by atoms with Crippen LogP contribution < -0.4 is 0 Å². The highest BCUT2D eigenvalue weighted by Gasteiger charge is 2.03. The van der Waals surface area contributed by atoms with Crippen molar-refractivity contribution in [3.63, 3.8) is 0 Å². The monoisotopic (exact) mass is 174 g/mol. The van der Waals surface area contributed by atoms with Crippen LogP contribution in [0.4, 0.5) is 0 Å². The summed E-state index contributed by atoms with van der Waals surface area (Å²) >= 11 is 0. The van der Waals surface area contributed by atoms with Crippen molar-refractivity contribution < 1.29 is 4.42 Å². The summed E-state index contributed by atoms with van der Waals surface area (Å²) in [5.41, 5.74) is 2.79. The molecular weight excluding hydrogens is 164 g/mol. The summed E-state index contributed by atoms with van der Waals surface area (Å²) in [6.07, 6.45) is 3.40. The Morgan fingerprint density at radius 1 is 1.15 bits per heavy atom. The summed E-state index contributed by atoms with van der Waals surface area (Å²) in [5, 5.41) is 0. The Morgan fingerprint density at radius 3 is 2.54 bits per heavy atom. The summed E-state index contributed by atoms with van der Waals surface area (Å²) in [6.45, 7) is 3.85. The van der Waals surface area contributed by atoms with E-state index in [9.17, 15) is 0 Å². The Balaban J connectivity index is 2.41. The molecule has 0 unspecified atom stereocenters. The zero-order chi connectivity index (χ0) is 9.26. The standard InChI is InChI=1S/C10H10N2O/c1-7-3-4-9(5-11-7)10-12-8(2)6-13-10/h3-6H,1-2H3. The number of rotatable bonds is 1. The van der Waals surface area contributed by atoms with Crippen molar-refractivity contribution in [2.24, 2.45) is 0 Å². The smallest absolute Gasteiger partial charge is 0.227 e. The van der Waals surface area contributed by atoms with Crippen LogP contribution in [0.2, 0.25) is 0 Å². The highest BCUT2D eigenvalue weighted by atomic mass is 16.3. The van der Waals surface area contributed by atoms with Crippen molar-refractivity contribution in [1.29, 1.82) is 0 Å². The van der Waals surface area contributed by atoms with Gasteiger partial charge in [0.15, 0.2) is 0 Å². The van der Waals surface area contributed by atoms with Gasteiger partial charge in [-0.05, 0) is 26.0 Å². The van der Waals surface area contributed by atoms with E-state index in [0.29, 0.717) is 5.89 Å². The van der Waals surface area contributed by atoms with Crippen LogP contribution in [0.1, 0.15) is 11.4 Å². The molecule has 0 atom stereocenters. The van der Waals surface area contributed by atoms with Crippen LogP contribution >= 0.6 is 0 Å². The van der Waals surface area contributed by atoms with Gasteiger partial charge in [0.25, 0.3) is 0 Å². The minimum atomic E-state index is 0.630. The first-order valence-corrected chi connectivity index (χ1v) is 4.11. The van der Waals surface area contributed by atoms with E-state index in [1.165, 1.54) is 0 Å². The molecule has 2 heterocycles. The minimum absolute atomic E-state index is 0.630. The Morgan fingerprint density at radius 2 is 2.00 bits per heavy atom. The van der Waals surface area contributed by atoms with E-state index >= 15 is 0 Å². The van der Waals surface area contributed by atoms with Crippen LogP contribution in [0.5, 0.6) is 0 Å². The van der Waals surface area contributed by atoms with Crippen molar-refractivity contribution >= 4 is 0 Å². The Hall–Kier alpha value is -1.64. The molecule has 0 bridgehead atoms. The highest BCUT2D eigenvalue weighted by molar-refractivity contribution is 5.51. The maximum absolute atomic E-state index is 5.24. The van der Waals surface area contributed by atoms with E-state index < -0.39 is 0 Å². The van der Waals surface area contributed by atoms with E-state index in [-0.39, 0.29) is 0 Å². The first-order chi connectivity index (χ1) is 6.25. The second-order valence-electron chi connectivity index (χ2n) is 2.98. The number of pyridine rings is 1. The first-order valence-electron chi connectivity index (χ1n) is 4.11. The third kappa shape index (κ3) is 1.59. The fourth-order valence-electron chi connectivity index (χ4n) is 1.08. The molecule has 2 aromatic heterocycles. The van der Waals surface area contributed by atoms with Gasteiger partial charge in [0.1, 0.15) is 6.26 Å². The lowest BCUT2D eigenvalue weighted by atomic mass is 10.2. The number of hydrogen-bond donors (Lipinski definition) is 0. The maximum atomic E-state index is 5.24. The van der Waals surface area contributed by atoms with Gasteiger partial charge < -0.3 is 4.42 Å². The molecule has 66 valence electrons. The second kappa shape index (κ2) is 3.01. The lowest BCUT2D eigenvalue weighted by molar-refractivity contribution is 0.573. The summed E-state index contributed by atoms with van der Waals surface area (Å²) < 4.78 is 5.24. The molecule has 0 amide bonds. The Kier molecular flexibility index (Phi) is 1.85. The molecular formula is C10H10N2O. The van der Waals surface area contributed by atoms with Gasteiger partial charge in [-0.2, -0.15) is 0 Å². The predicted octanol–water partition coefficient (Wildman–Crippen LogP) is 2.35. The van der Waals surface area contributed by atoms with E-state index in [1.807, 2.05) is 26.0 Å². The number of nitrogens with zero attached hydrogens (tertiary/aromatic N) is 2. The van der Waals surface area contributed by atoms with Crippen LogP contribution in [0.3, 0.4) is 0 Å². The van der Waals surface area contributed by atoms with Crippen LogP contribution in [0.15, 0.2) is 29.0 Å². The molecule has 13 heavy (non-hydrogen) atoms. The third-order valence-electron chi connectivity index (χ3n) is 1.78. The van der Waals surface area contributed by atoms with Crippen LogP contribution in [0, 0.1) is 13.8 Å². The van der Waals surface area contributed by atoms with Crippen molar-refractivity contribution in [2.45, 2.75) is 13.8 Å². The lowest BCUT2D eigenvalue weighted by Gasteiger charge is -1.94. The number of oxazole rings is 1. The van der Waals surface area contributed by atoms with Crippen LogP contribution in [-0.2, 0) is 0 Å². The van der Waals surface area contributed by atoms with Crippen molar-refractivity contribution in [2.75, 3.05) is 0 Å². The summed E-state index contributed by atoms with van der Waals surface area (Å²) in [5.74, 6) is 0.630. The van der Waals surface area contributed by atoms with Gasteiger partial charge in [0, 0.05) is 11.9 Å². The van der Waals surface area contributed by atoms with E-state index in [4.69, 9.17) is 4.42 Å². The lowest BCUT2D eigenvalue weighted by Crippen LogP contribution is -1.82. The molecule has 0 fully saturated rings. The molecule has 0 aliphatic carbocycles. The molecule has 0 radical (unpaired) electrons. The van der Waals surface area contributed by atoms with E-state index in [0.717, 1.165) is 17.0 Å². The molecule has 2 rings (SSSR count). The van der Waals surface area contributed by atoms with Gasteiger partial charge in [-0.1, -0.05) is 0 Å². The topological polar surface area (TPSA) is 38.9 Å². The van der Waals surface area contributed by atoms with Gasteiger partial charge in [0.2, 0.25) is 5.89 Å². The van der Waals surface area contributed by atoms with Gasteiger partial charge in [0.05, 0.1) is 11.3 Å². The molecule has 2 aromatic rings. The zero-order valence-corrected chi connectivity index (χ0v) is 7.61. The number of hydrogen-bond acceptors (Lipinski definition) is 3. The second-order valence-corrected chi connectivity index (χ2v) is 2.98. The Labute approximate surface area is 76.5 Å². The average Bonchev–Trinajstić information content (AvgIpc) is 2.53. The molecule has 0 aliphatic heterocycles. The van der Waals surface area contributed by atoms with Crippen molar-refractivity contribution in [3.05, 3.63) is 36.0 Å². The normalized spacial score (nSPS) is 10.3. The first kappa shape index (κ1) is 7.98. The minimum Gasteiger partial charge on any atom is -0.444 e. The van der Waals surface area contributed by atoms with Crippen LogP contribution in [0.25, 0.3) is 11.5 Å². The molecule has 0 aromatic carbocycles. The molecule has 3 heteroatoms. The maximum Gasteiger partial charge on any atom is 0.227 e. The highest BCUT2D eigenvalue weighted by Crippen LogP contribution is 2.16. The van der Waals surface area contributed by atoms with Gasteiger partial charge in [-0.25, -0.2) is 4.98 Å². The fourth-order valence-corrected chi connectivity index (χ4v) is 1.08. The Bertz CT molecular complexity index is 403.